The van der Waals surface area contributed by atoms with Gasteiger partial charge in [0.25, 0.3) is 0 Å². The maximum Gasteiger partial charge on any atom is 0.238 e. The van der Waals surface area contributed by atoms with Crippen LogP contribution < -0.4 is 5.14 Å². The smallest absolute Gasteiger partial charge is 0.238 e. The Morgan fingerprint density at radius 2 is 2.00 bits per heavy atom. The van der Waals surface area contributed by atoms with Crippen LogP contribution in [0.25, 0.3) is 16.7 Å². The average Bonchev–Trinajstić information content (AvgIpc) is 3.17. The molecule has 4 rings (SSSR count). The van der Waals surface area contributed by atoms with Crippen LogP contribution in [-0.4, -0.2) is 27.4 Å². The summed E-state index contributed by atoms with van der Waals surface area (Å²) in [6.45, 7) is 2.74. The summed E-state index contributed by atoms with van der Waals surface area (Å²) in [6.07, 6.45) is 3.75. The molecule has 0 fully saturated rings. The van der Waals surface area contributed by atoms with E-state index >= 15 is 0 Å². The fraction of sp³-hybridized carbons (Fsp3) is 0.176. The van der Waals surface area contributed by atoms with Gasteiger partial charge >= 0.3 is 0 Å². The van der Waals surface area contributed by atoms with E-state index in [4.69, 9.17) is 16.7 Å². The molecule has 3 heterocycles. The third kappa shape index (κ3) is 3.55. The SMILES string of the molecule is CCn1c(SCc2cn3cc(Cl)ccc3n2)nc2cc(S(N)(=O)=O)ccc21. The molecule has 3 aromatic heterocycles. The second-order valence-electron chi connectivity index (χ2n) is 5.97. The van der Waals surface area contributed by atoms with Gasteiger partial charge in [0, 0.05) is 24.7 Å². The minimum absolute atomic E-state index is 0.0598. The zero-order chi connectivity index (χ0) is 19.2. The van der Waals surface area contributed by atoms with Crippen molar-refractivity contribution in [3.8, 4) is 0 Å². The van der Waals surface area contributed by atoms with Gasteiger partial charge in [0.15, 0.2) is 5.16 Å². The van der Waals surface area contributed by atoms with Gasteiger partial charge in [-0.1, -0.05) is 23.4 Å². The number of pyridine rings is 1. The van der Waals surface area contributed by atoms with Crippen LogP contribution in [0.1, 0.15) is 12.6 Å². The van der Waals surface area contributed by atoms with E-state index in [0.717, 1.165) is 22.0 Å². The lowest BCUT2D eigenvalue weighted by Crippen LogP contribution is -2.11. The molecule has 140 valence electrons. The van der Waals surface area contributed by atoms with Crippen molar-refractivity contribution in [2.45, 2.75) is 29.3 Å². The maximum absolute atomic E-state index is 11.6. The molecule has 0 saturated heterocycles. The molecule has 0 unspecified atom stereocenters. The number of nitrogens with two attached hydrogens (primary N) is 1. The summed E-state index contributed by atoms with van der Waals surface area (Å²) in [6, 6.07) is 8.43. The van der Waals surface area contributed by atoms with E-state index in [1.165, 1.54) is 12.1 Å². The van der Waals surface area contributed by atoms with Gasteiger partial charge in [0.1, 0.15) is 5.65 Å². The second kappa shape index (κ2) is 6.83. The van der Waals surface area contributed by atoms with Gasteiger partial charge in [-0.05, 0) is 37.3 Å². The molecule has 0 bridgehead atoms. The molecule has 0 amide bonds. The van der Waals surface area contributed by atoms with Crippen molar-refractivity contribution >= 4 is 50.1 Å². The minimum atomic E-state index is -3.76. The van der Waals surface area contributed by atoms with E-state index in [2.05, 4.69) is 9.97 Å². The number of sulfonamides is 1. The van der Waals surface area contributed by atoms with Crippen LogP contribution in [0.15, 0.2) is 52.8 Å². The summed E-state index contributed by atoms with van der Waals surface area (Å²) >= 11 is 7.56. The Morgan fingerprint density at radius 3 is 2.74 bits per heavy atom. The number of rotatable bonds is 5. The fourth-order valence-electron chi connectivity index (χ4n) is 2.91. The standard InChI is InChI=1S/C17H16ClN5O2S2/c1-2-23-15-5-4-13(27(19,24)25)7-14(15)21-17(23)26-10-12-9-22-8-11(18)3-6-16(22)20-12/h3-9H,2,10H2,1H3,(H2,19,24,25). The summed E-state index contributed by atoms with van der Waals surface area (Å²) in [7, 11) is -3.76. The molecule has 4 aromatic rings. The number of nitrogens with zero attached hydrogens (tertiary/aromatic N) is 4. The Bertz CT molecular complexity index is 1260. The van der Waals surface area contributed by atoms with Gasteiger partial charge < -0.3 is 8.97 Å². The zero-order valence-corrected chi connectivity index (χ0v) is 16.7. The first kappa shape index (κ1) is 18.3. The van der Waals surface area contributed by atoms with Crippen LogP contribution in [-0.2, 0) is 22.3 Å². The van der Waals surface area contributed by atoms with Crippen LogP contribution in [0.4, 0.5) is 0 Å². The first-order valence-electron chi connectivity index (χ1n) is 8.14. The minimum Gasteiger partial charge on any atom is -0.319 e. The molecule has 0 spiro atoms. The summed E-state index contributed by atoms with van der Waals surface area (Å²) in [5, 5.41) is 6.67. The Morgan fingerprint density at radius 1 is 1.19 bits per heavy atom. The first-order valence-corrected chi connectivity index (χ1v) is 11.0. The Hall–Kier alpha value is -2.07. The number of halogens is 1. The molecule has 10 heteroatoms. The van der Waals surface area contributed by atoms with Gasteiger partial charge in [-0.3, -0.25) is 0 Å². The highest BCUT2D eigenvalue weighted by Crippen LogP contribution is 2.28. The molecule has 27 heavy (non-hydrogen) atoms. The molecule has 0 atom stereocenters. The van der Waals surface area contributed by atoms with E-state index < -0.39 is 10.0 Å². The van der Waals surface area contributed by atoms with Crippen molar-refractivity contribution in [2.24, 2.45) is 5.14 Å². The van der Waals surface area contributed by atoms with Crippen LogP contribution in [0.2, 0.25) is 5.02 Å². The molecule has 1 aromatic carbocycles. The highest BCUT2D eigenvalue weighted by atomic mass is 35.5. The molecule has 7 nitrogen and oxygen atoms in total. The molecule has 0 aliphatic rings. The fourth-order valence-corrected chi connectivity index (χ4v) is 4.57. The number of primary sulfonamides is 1. The van der Waals surface area contributed by atoms with Crippen molar-refractivity contribution in [3.63, 3.8) is 0 Å². The summed E-state index contributed by atoms with van der Waals surface area (Å²) < 4.78 is 27.1. The van der Waals surface area contributed by atoms with Crippen LogP contribution in [0.3, 0.4) is 0 Å². The van der Waals surface area contributed by atoms with Gasteiger partial charge in [0.2, 0.25) is 10.0 Å². The van der Waals surface area contributed by atoms with E-state index in [1.807, 2.05) is 34.4 Å². The predicted molar refractivity (Wildman–Crippen MR) is 107 cm³/mol. The highest BCUT2D eigenvalue weighted by Gasteiger charge is 2.15. The molecule has 0 aliphatic heterocycles. The van der Waals surface area contributed by atoms with Crippen molar-refractivity contribution in [2.75, 3.05) is 0 Å². The van der Waals surface area contributed by atoms with Crippen molar-refractivity contribution in [1.82, 2.24) is 18.9 Å². The van der Waals surface area contributed by atoms with Crippen molar-refractivity contribution < 1.29 is 8.42 Å². The van der Waals surface area contributed by atoms with E-state index in [0.29, 0.717) is 22.8 Å². The predicted octanol–water partition coefficient (Wildman–Crippen LogP) is 3.30. The number of fused-ring (bicyclic) bond motifs is 2. The normalized spacial score (nSPS) is 12.3. The van der Waals surface area contributed by atoms with Crippen molar-refractivity contribution in [1.29, 1.82) is 0 Å². The molecule has 0 aliphatic carbocycles. The summed E-state index contributed by atoms with van der Waals surface area (Å²) in [5.41, 5.74) is 3.21. The largest absolute Gasteiger partial charge is 0.319 e. The molecular weight excluding hydrogens is 406 g/mol. The molecular formula is C17H16ClN5O2S2. The number of hydrogen-bond acceptors (Lipinski definition) is 5. The molecule has 0 radical (unpaired) electrons. The number of aromatic nitrogens is 4. The number of aryl methyl sites for hydroxylation is 1. The lowest BCUT2D eigenvalue weighted by atomic mass is 10.3. The zero-order valence-electron chi connectivity index (χ0n) is 14.3. The van der Waals surface area contributed by atoms with Crippen LogP contribution in [0.5, 0.6) is 0 Å². The van der Waals surface area contributed by atoms with Gasteiger partial charge in [-0.15, -0.1) is 0 Å². The monoisotopic (exact) mass is 421 g/mol. The lowest BCUT2D eigenvalue weighted by Gasteiger charge is -2.04. The van der Waals surface area contributed by atoms with Crippen LogP contribution >= 0.6 is 23.4 Å². The third-order valence-corrected chi connectivity index (χ3v) is 6.29. The van der Waals surface area contributed by atoms with E-state index in [1.54, 1.807) is 23.9 Å². The molecule has 2 N–H and O–H groups in total. The summed E-state index contributed by atoms with van der Waals surface area (Å²) in [5.74, 6) is 0.630. The van der Waals surface area contributed by atoms with E-state index in [-0.39, 0.29) is 4.90 Å². The average molecular weight is 422 g/mol. The van der Waals surface area contributed by atoms with Gasteiger partial charge in [0.05, 0.1) is 26.6 Å². The Kier molecular flexibility index (Phi) is 4.63. The van der Waals surface area contributed by atoms with Gasteiger partial charge in [-0.25, -0.2) is 23.5 Å². The van der Waals surface area contributed by atoms with Crippen LogP contribution in [0, 0.1) is 0 Å². The second-order valence-corrected chi connectivity index (χ2v) is 8.91. The number of benzene rings is 1. The van der Waals surface area contributed by atoms with Gasteiger partial charge in [-0.2, -0.15) is 0 Å². The Balaban J connectivity index is 1.65. The first-order chi connectivity index (χ1) is 12.8. The maximum atomic E-state index is 11.6. The van der Waals surface area contributed by atoms with E-state index in [9.17, 15) is 8.42 Å². The number of imidazole rings is 2. The number of hydrogen-bond donors (Lipinski definition) is 1. The molecule has 0 saturated carbocycles. The number of thioether (sulfide) groups is 1. The lowest BCUT2D eigenvalue weighted by molar-refractivity contribution is 0.598. The third-order valence-electron chi connectivity index (χ3n) is 4.14. The van der Waals surface area contributed by atoms with Crippen molar-refractivity contribution in [3.05, 3.63) is 53.4 Å². The topological polar surface area (TPSA) is 95.3 Å². The highest BCUT2D eigenvalue weighted by molar-refractivity contribution is 7.98. The Labute approximate surface area is 165 Å². The quantitative estimate of drug-likeness (QED) is 0.499. The summed E-state index contributed by atoms with van der Waals surface area (Å²) in [4.78, 5) is 9.23.